The van der Waals surface area contributed by atoms with Gasteiger partial charge in [-0.1, -0.05) is 0 Å². The Kier molecular flexibility index (Phi) is 7.01. The van der Waals surface area contributed by atoms with E-state index in [0.717, 1.165) is 22.8 Å². The lowest BCUT2D eigenvalue weighted by Gasteiger charge is -2.35. The van der Waals surface area contributed by atoms with E-state index in [1.54, 1.807) is 25.6 Å². The molecule has 1 aliphatic rings. The molecule has 3 aromatic rings. The number of carbonyl (C=O) groups excluding carboxylic acids is 1. The third kappa shape index (κ3) is 4.68. The van der Waals surface area contributed by atoms with Crippen molar-refractivity contribution in [1.82, 2.24) is 14.9 Å². The maximum absolute atomic E-state index is 13.2. The number of benzene rings is 2. The van der Waals surface area contributed by atoms with Crippen molar-refractivity contribution in [3.8, 4) is 34.3 Å². The van der Waals surface area contributed by atoms with Crippen LogP contribution in [-0.4, -0.2) is 75.4 Å². The van der Waals surface area contributed by atoms with Crippen molar-refractivity contribution < 1.29 is 23.7 Å². The molecular weight excluding hydrogens is 436 g/mol. The third-order valence-corrected chi connectivity index (χ3v) is 5.84. The molecule has 0 bridgehead atoms. The Hall–Kier alpha value is -4.01. The van der Waals surface area contributed by atoms with Crippen LogP contribution in [0.1, 0.15) is 10.4 Å². The summed E-state index contributed by atoms with van der Waals surface area (Å²) in [6, 6.07) is 13.1. The molecule has 0 aliphatic carbocycles. The van der Waals surface area contributed by atoms with Gasteiger partial charge in [0.2, 0.25) is 5.75 Å². The Morgan fingerprint density at radius 3 is 2.00 bits per heavy atom. The first-order chi connectivity index (χ1) is 16.6. The first kappa shape index (κ1) is 23.2. The van der Waals surface area contributed by atoms with Crippen LogP contribution in [0.15, 0.2) is 48.8 Å². The Morgan fingerprint density at radius 1 is 0.794 bits per heavy atom. The van der Waals surface area contributed by atoms with Gasteiger partial charge in [0.15, 0.2) is 11.5 Å². The maximum atomic E-state index is 13.2. The van der Waals surface area contributed by atoms with Crippen molar-refractivity contribution in [2.24, 2.45) is 0 Å². The summed E-state index contributed by atoms with van der Waals surface area (Å²) in [5, 5.41) is 0. The van der Waals surface area contributed by atoms with Crippen LogP contribution in [0.2, 0.25) is 0 Å². The summed E-state index contributed by atoms with van der Waals surface area (Å²) in [5.74, 6) is 2.92. The van der Waals surface area contributed by atoms with Gasteiger partial charge in [-0.15, -0.1) is 0 Å². The zero-order valence-electron chi connectivity index (χ0n) is 19.8. The zero-order valence-corrected chi connectivity index (χ0v) is 19.8. The Balaban J connectivity index is 1.46. The predicted octanol–water partition coefficient (Wildman–Crippen LogP) is 3.14. The minimum atomic E-state index is -0.0829. The van der Waals surface area contributed by atoms with Gasteiger partial charge in [-0.25, -0.2) is 9.97 Å². The van der Waals surface area contributed by atoms with E-state index in [1.807, 2.05) is 35.2 Å². The molecule has 1 fully saturated rings. The maximum Gasteiger partial charge on any atom is 0.254 e. The van der Waals surface area contributed by atoms with Crippen LogP contribution in [0.3, 0.4) is 0 Å². The number of piperazine rings is 1. The molecule has 1 saturated heterocycles. The SMILES string of the molecule is COc1ccc(-c2cc(N3CCN(C(=O)c4cc(OC)c(OC)c(OC)c4)CC3)ncn2)cc1. The highest BCUT2D eigenvalue weighted by Gasteiger charge is 2.25. The average molecular weight is 465 g/mol. The van der Waals surface area contributed by atoms with Crippen molar-refractivity contribution in [2.45, 2.75) is 0 Å². The fraction of sp³-hybridized carbons (Fsp3) is 0.320. The van der Waals surface area contributed by atoms with Crippen molar-refractivity contribution in [2.75, 3.05) is 59.5 Å². The van der Waals surface area contributed by atoms with Crippen LogP contribution in [0.25, 0.3) is 11.3 Å². The summed E-state index contributed by atoms with van der Waals surface area (Å²) < 4.78 is 21.4. The first-order valence-corrected chi connectivity index (χ1v) is 10.9. The summed E-state index contributed by atoms with van der Waals surface area (Å²) in [6.07, 6.45) is 1.57. The van der Waals surface area contributed by atoms with Crippen LogP contribution in [0, 0.1) is 0 Å². The van der Waals surface area contributed by atoms with Gasteiger partial charge in [0, 0.05) is 43.4 Å². The molecule has 9 nitrogen and oxygen atoms in total. The molecule has 2 aromatic carbocycles. The fourth-order valence-corrected chi connectivity index (χ4v) is 3.97. The molecule has 1 amide bonds. The zero-order chi connectivity index (χ0) is 24.1. The second-order valence-corrected chi connectivity index (χ2v) is 7.68. The molecule has 0 atom stereocenters. The Labute approximate surface area is 198 Å². The van der Waals surface area contributed by atoms with E-state index >= 15 is 0 Å². The van der Waals surface area contributed by atoms with E-state index < -0.39 is 0 Å². The van der Waals surface area contributed by atoms with Crippen molar-refractivity contribution >= 4 is 11.7 Å². The molecule has 0 saturated carbocycles. The number of carbonyl (C=O) groups is 1. The number of aromatic nitrogens is 2. The van der Waals surface area contributed by atoms with Gasteiger partial charge >= 0.3 is 0 Å². The van der Waals surface area contributed by atoms with Crippen molar-refractivity contribution in [1.29, 1.82) is 0 Å². The highest BCUT2D eigenvalue weighted by atomic mass is 16.5. The van der Waals surface area contributed by atoms with E-state index in [-0.39, 0.29) is 5.91 Å². The molecule has 178 valence electrons. The molecule has 2 heterocycles. The summed E-state index contributed by atoms with van der Waals surface area (Å²) in [7, 11) is 6.25. The standard InChI is InChI=1S/C25H28N4O5/c1-31-19-7-5-17(6-8-19)20-15-23(27-16-26-20)28-9-11-29(12-10-28)25(30)18-13-21(32-2)24(34-4)22(14-18)33-3/h5-8,13-16H,9-12H2,1-4H3. The molecule has 0 radical (unpaired) electrons. The minimum Gasteiger partial charge on any atom is -0.497 e. The highest BCUT2D eigenvalue weighted by Crippen LogP contribution is 2.38. The van der Waals surface area contributed by atoms with Crippen LogP contribution in [0.5, 0.6) is 23.0 Å². The lowest BCUT2D eigenvalue weighted by Crippen LogP contribution is -2.49. The number of methoxy groups -OCH3 is 4. The van der Waals surface area contributed by atoms with Crippen molar-refractivity contribution in [3.05, 3.63) is 54.4 Å². The number of ether oxygens (including phenoxy) is 4. The van der Waals surface area contributed by atoms with Gasteiger partial charge in [-0.2, -0.15) is 0 Å². The molecule has 1 aromatic heterocycles. The smallest absolute Gasteiger partial charge is 0.254 e. The predicted molar refractivity (Wildman–Crippen MR) is 128 cm³/mol. The minimum absolute atomic E-state index is 0.0829. The summed E-state index contributed by atoms with van der Waals surface area (Å²) in [6.45, 7) is 2.46. The highest BCUT2D eigenvalue weighted by molar-refractivity contribution is 5.95. The summed E-state index contributed by atoms with van der Waals surface area (Å²) >= 11 is 0. The lowest BCUT2D eigenvalue weighted by molar-refractivity contribution is 0.0745. The van der Waals surface area contributed by atoms with Gasteiger partial charge in [0.25, 0.3) is 5.91 Å². The number of nitrogens with zero attached hydrogens (tertiary/aromatic N) is 4. The number of amides is 1. The van der Waals surface area contributed by atoms with E-state index in [4.69, 9.17) is 18.9 Å². The quantitative estimate of drug-likeness (QED) is 0.527. The molecular formula is C25H28N4O5. The summed E-state index contributed by atoms with van der Waals surface area (Å²) in [4.78, 5) is 26.0. The Bertz CT molecular complexity index is 1120. The van der Waals surface area contributed by atoms with Gasteiger partial charge in [-0.3, -0.25) is 4.79 Å². The topological polar surface area (TPSA) is 86.3 Å². The molecule has 9 heteroatoms. The molecule has 0 unspecified atom stereocenters. The number of rotatable bonds is 7. The van der Waals surface area contributed by atoms with Crippen LogP contribution < -0.4 is 23.8 Å². The molecule has 34 heavy (non-hydrogen) atoms. The summed E-state index contributed by atoms with van der Waals surface area (Å²) in [5.41, 5.74) is 2.32. The Morgan fingerprint density at radius 2 is 1.44 bits per heavy atom. The van der Waals surface area contributed by atoms with Crippen molar-refractivity contribution in [3.63, 3.8) is 0 Å². The van der Waals surface area contributed by atoms with Gasteiger partial charge in [0.05, 0.1) is 34.1 Å². The van der Waals surface area contributed by atoms with Crippen LogP contribution in [0.4, 0.5) is 5.82 Å². The largest absolute Gasteiger partial charge is 0.497 e. The number of hydrogen-bond donors (Lipinski definition) is 0. The van der Waals surface area contributed by atoms with E-state index in [1.165, 1.54) is 21.3 Å². The first-order valence-electron chi connectivity index (χ1n) is 10.9. The van der Waals surface area contributed by atoms with Gasteiger partial charge in [0.1, 0.15) is 17.9 Å². The lowest BCUT2D eigenvalue weighted by atomic mass is 10.1. The van der Waals surface area contributed by atoms with E-state index in [2.05, 4.69) is 14.9 Å². The monoisotopic (exact) mass is 464 g/mol. The van der Waals surface area contributed by atoms with Crippen LogP contribution >= 0.6 is 0 Å². The second kappa shape index (κ2) is 10.3. The fourth-order valence-electron chi connectivity index (χ4n) is 3.97. The molecule has 1 aliphatic heterocycles. The number of anilines is 1. The van der Waals surface area contributed by atoms with Gasteiger partial charge < -0.3 is 28.7 Å². The molecule has 0 N–H and O–H groups in total. The van der Waals surface area contributed by atoms with E-state index in [9.17, 15) is 4.79 Å². The molecule has 0 spiro atoms. The normalized spacial score (nSPS) is 13.4. The average Bonchev–Trinajstić information content (AvgIpc) is 2.92. The second-order valence-electron chi connectivity index (χ2n) is 7.68. The van der Waals surface area contributed by atoms with Gasteiger partial charge in [-0.05, 0) is 36.4 Å². The third-order valence-electron chi connectivity index (χ3n) is 5.84. The van der Waals surface area contributed by atoms with E-state index in [0.29, 0.717) is 49.0 Å². The van der Waals surface area contributed by atoms with Crippen LogP contribution in [-0.2, 0) is 0 Å². The number of hydrogen-bond acceptors (Lipinski definition) is 8. The molecule has 4 rings (SSSR count).